The van der Waals surface area contributed by atoms with Gasteiger partial charge >= 0.3 is 0 Å². The molecule has 0 N–H and O–H groups in total. The fourth-order valence-corrected chi connectivity index (χ4v) is 3.71. The first kappa shape index (κ1) is 9.94. The molecule has 0 saturated carbocycles. The molecule has 16 heavy (non-hydrogen) atoms. The van der Waals surface area contributed by atoms with Crippen LogP contribution in [0.4, 0.5) is 0 Å². The van der Waals surface area contributed by atoms with Crippen molar-refractivity contribution < 1.29 is 0 Å². The Kier molecular flexibility index (Phi) is 2.68. The quantitative estimate of drug-likeness (QED) is 0.605. The first-order valence-corrected chi connectivity index (χ1v) is 6.82. The Balaban J connectivity index is 2.01. The maximum absolute atomic E-state index is 2.24. The molecule has 0 bridgehead atoms. The van der Waals surface area contributed by atoms with Gasteiger partial charge in [-0.3, -0.25) is 0 Å². The lowest BCUT2D eigenvalue weighted by molar-refractivity contribution is 1.45. The fourth-order valence-electron chi connectivity index (χ4n) is 1.65. The molecule has 0 aliphatic carbocycles. The molecule has 0 fully saturated rings. The second-order valence-electron chi connectivity index (χ2n) is 3.51. The maximum Gasteiger partial charge on any atom is 0.0354 e. The second kappa shape index (κ2) is 4.32. The molecule has 3 rings (SSSR count). The Morgan fingerprint density at radius 2 is 1.56 bits per heavy atom. The van der Waals surface area contributed by atoms with E-state index in [0.717, 1.165) is 0 Å². The van der Waals surface area contributed by atoms with Gasteiger partial charge in [0.05, 0.1) is 0 Å². The fraction of sp³-hybridized carbons (Fsp3) is 0. The van der Waals surface area contributed by atoms with Crippen LogP contribution in [0.2, 0.25) is 0 Å². The second-order valence-corrected chi connectivity index (χ2v) is 5.54. The number of benzene rings is 2. The van der Waals surface area contributed by atoms with Gasteiger partial charge in [0.15, 0.2) is 0 Å². The summed E-state index contributed by atoms with van der Waals surface area (Å²) in [6.45, 7) is 0. The van der Waals surface area contributed by atoms with Crippen LogP contribution in [0, 0.1) is 0 Å². The van der Waals surface area contributed by atoms with E-state index < -0.39 is 0 Å². The average Bonchev–Trinajstić information content (AvgIpc) is 2.74. The van der Waals surface area contributed by atoms with Crippen LogP contribution < -0.4 is 0 Å². The van der Waals surface area contributed by atoms with Crippen LogP contribution >= 0.6 is 23.1 Å². The topological polar surface area (TPSA) is 0 Å². The minimum absolute atomic E-state index is 1.30. The highest BCUT2D eigenvalue weighted by atomic mass is 32.2. The molecule has 0 aliphatic rings. The van der Waals surface area contributed by atoms with Crippen molar-refractivity contribution in [2.45, 2.75) is 9.79 Å². The third-order valence-electron chi connectivity index (χ3n) is 2.42. The molecule has 2 aromatic carbocycles. The number of fused-ring (bicyclic) bond motifs is 1. The summed E-state index contributed by atoms with van der Waals surface area (Å²) in [5.41, 5.74) is 0. The summed E-state index contributed by atoms with van der Waals surface area (Å²) in [5, 5.41) is 3.60. The zero-order chi connectivity index (χ0) is 10.8. The maximum atomic E-state index is 2.24. The molecule has 0 nitrogen and oxygen atoms in total. The summed E-state index contributed by atoms with van der Waals surface area (Å²) in [7, 11) is 0. The zero-order valence-electron chi connectivity index (χ0n) is 8.59. The highest BCUT2D eigenvalue weighted by molar-refractivity contribution is 7.99. The van der Waals surface area contributed by atoms with E-state index in [4.69, 9.17) is 0 Å². The van der Waals surface area contributed by atoms with Crippen LogP contribution in [0.3, 0.4) is 0 Å². The first-order valence-electron chi connectivity index (χ1n) is 5.12. The van der Waals surface area contributed by atoms with Gasteiger partial charge in [0.2, 0.25) is 0 Å². The van der Waals surface area contributed by atoms with Gasteiger partial charge in [-0.05, 0) is 18.2 Å². The average molecular weight is 242 g/mol. The van der Waals surface area contributed by atoms with Gasteiger partial charge in [0.1, 0.15) is 0 Å². The monoisotopic (exact) mass is 242 g/mol. The minimum Gasteiger partial charge on any atom is -0.143 e. The number of hydrogen-bond acceptors (Lipinski definition) is 2. The Hall–Kier alpha value is -1.25. The van der Waals surface area contributed by atoms with E-state index in [0.29, 0.717) is 0 Å². The summed E-state index contributed by atoms with van der Waals surface area (Å²) in [6, 6.07) is 19.1. The summed E-state index contributed by atoms with van der Waals surface area (Å²) < 4.78 is 1.36. The third-order valence-corrected chi connectivity index (χ3v) is 4.59. The van der Waals surface area contributed by atoms with E-state index in [1.807, 2.05) is 23.1 Å². The van der Waals surface area contributed by atoms with Gasteiger partial charge in [-0.1, -0.05) is 48.2 Å². The van der Waals surface area contributed by atoms with Crippen molar-refractivity contribution in [1.29, 1.82) is 0 Å². The third kappa shape index (κ3) is 1.86. The van der Waals surface area contributed by atoms with E-state index in [9.17, 15) is 0 Å². The van der Waals surface area contributed by atoms with Crippen LogP contribution in [-0.2, 0) is 0 Å². The summed E-state index contributed by atoms with van der Waals surface area (Å²) in [5.74, 6) is 0. The van der Waals surface area contributed by atoms with Crippen LogP contribution in [0.5, 0.6) is 0 Å². The van der Waals surface area contributed by atoms with Crippen molar-refractivity contribution in [2.75, 3.05) is 0 Å². The van der Waals surface area contributed by atoms with Crippen molar-refractivity contribution in [2.24, 2.45) is 0 Å². The smallest absolute Gasteiger partial charge is 0.0354 e. The highest BCUT2D eigenvalue weighted by Gasteiger charge is 2.04. The molecule has 0 saturated heterocycles. The zero-order valence-corrected chi connectivity index (χ0v) is 10.2. The largest absolute Gasteiger partial charge is 0.143 e. The molecule has 2 heteroatoms. The van der Waals surface area contributed by atoms with Crippen molar-refractivity contribution in [3.05, 3.63) is 60.0 Å². The van der Waals surface area contributed by atoms with Crippen LogP contribution in [0.15, 0.2) is 69.8 Å². The molecule has 78 valence electrons. The molecule has 0 atom stereocenters. The highest BCUT2D eigenvalue weighted by Crippen LogP contribution is 2.37. The number of hydrogen-bond donors (Lipinski definition) is 0. The predicted molar refractivity (Wildman–Crippen MR) is 72.4 cm³/mol. The van der Waals surface area contributed by atoms with Gasteiger partial charge in [-0.25, -0.2) is 0 Å². The lowest BCUT2D eigenvalue weighted by Gasteiger charge is -1.99. The SMILES string of the molecule is c1ccc(Sc2csc3ccccc23)cc1. The molecule has 1 heterocycles. The lowest BCUT2D eigenvalue weighted by Crippen LogP contribution is -1.70. The lowest BCUT2D eigenvalue weighted by atomic mass is 10.3. The van der Waals surface area contributed by atoms with Gasteiger partial charge in [-0.15, -0.1) is 11.3 Å². The molecule has 3 aromatic rings. The molecule has 0 aliphatic heterocycles. The Morgan fingerprint density at radius 3 is 2.44 bits per heavy atom. The molecule has 0 spiro atoms. The number of thiophene rings is 1. The van der Waals surface area contributed by atoms with Gasteiger partial charge in [-0.2, -0.15) is 0 Å². The predicted octanol–water partition coefficient (Wildman–Crippen LogP) is 5.05. The van der Waals surface area contributed by atoms with Gasteiger partial charge in [0.25, 0.3) is 0 Å². The number of rotatable bonds is 2. The molecule has 0 unspecified atom stereocenters. The van der Waals surface area contributed by atoms with Gasteiger partial charge < -0.3 is 0 Å². The Labute approximate surface area is 103 Å². The van der Waals surface area contributed by atoms with E-state index >= 15 is 0 Å². The summed E-state index contributed by atoms with van der Waals surface area (Å²) in [4.78, 5) is 2.65. The van der Waals surface area contributed by atoms with Crippen LogP contribution in [-0.4, -0.2) is 0 Å². The van der Waals surface area contributed by atoms with Gasteiger partial charge in [0, 0.05) is 25.3 Å². The Morgan fingerprint density at radius 1 is 0.812 bits per heavy atom. The molecular formula is C14H10S2. The van der Waals surface area contributed by atoms with Crippen molar-refractivity contribution in [3.63, 3.8) is 0 Å². The van der Waals surface area contributed by atoms with Crippen molar-refractivity contribution >= 4 is 33.2 Å². The molecular weight excluding hydrogens is 232 g/mol. The van der Waals surface area contributed by atoms with Crippen molar-refractivity contribution in [1.82, 2.24) is 0 Å². The summed E-state index contributed by atoms with van der Waals surface area (Å²) >= 11 is 3.65. The standard InChI is InChI=1S/C14H10S2/c1-2-6-11(7-3-1)16-14-10-15-13-9-5-4-8-12(13)14/h1-10H. The first-order chi connectivity index (χ1) is 7.93. The van der Waals surface area contributed by atoms with Crippen LogP contribution in [0.25, 0.3) is 10.1 Å². The van der Waals surface area contributed by atoms with Crippen molar-refractivity contribution in [3.8, 4) is 0 Å². The van der Waals surface area contributed by atoms with E-state index in [2.05, 4.69) is 60.0 Å². The van der Waals surface area contributed by atoms with E-state index in [1.165, 1.54) is 19.9 Å². The summed E-state index contributed by atoms with van der Waals surface area (Å²) in [6.07, 6.45) is 0. The molecule has 0 amide bonds. The van der Waals surface area contributed by atoms with E-state index in [1.54, 1.807) is 0 Å². The molecule has 0 radical (unpaired) electrons. The normalized spacial score (nSPS) is 10.8. The van der Waals surface area contributed by atoms with Crippen LogP contribution in [0.1, 0.15) is 0 Å². The molecule has 1 aromatic heterocycles. The minimum atomic E-state index is 1.30. The van der Waals surface area contributed by atoms with E-state index in [-0.39, 0.29) is 0 Å². The Bertz CT molecular complexity index is 596.